The fourth-order valence-corrected chi connectivity index (χ4v) is 10.3. The van der Waals surface area contributed by atoms with E-state index >= 15 is 0 Å². The van der Waals surface area contributed by atoms with E-state index in [-0.39, 0.29) is 5.92 Å². The van der Waals surface area contributed by atoms with Crippen molar-refractivity contribution in [3.05, 3.63) is 199 Å². The molecule has 266 valence electrons. The highest BCUT2D eigenvalue weighted by atomic mass is 32.1. The Morgan fingerprint density at radius 3 is 1.75 bits per heavy atom. The van der Waals surface area contributed by atoms with Crippen LogP contribution in [0.2, 0.25) is 0 Å². The zero-order valence-electron chi connectivity index (χ0n) is 31.0. The second kappa shape index (κ2) is 12.8. The minimum atomic E-state index is 0.117. The second-order valence-corrected chi connectivity index (χ2v) is 16.3. The van der Waals surface area contributed by atoms with Crippen molar-refractivity contribution < 1.29 is 0 Å². The lowest BCUT2D eigenvalue weighted by Crippen LogP contribution is -2.04. The van der Waals surface area contributed by atoms with Crippen molar-refractivity contribution in [2.24, 2.45) is 0 Å². The lowest BCUT2D eigenvalue weighted by Gasteiger charge is -2.20. The molecule has 2 aromatic heterocycles. The summed E-state index contributed by atoms with van der Waals surface area (Å²) < 4.78 is 2.66. The largest absolute Gasteiger partial charge is 0.252 e. The lowest BCUT2D eigenvalue weighted by molar-refractivity contribution is 0.827. The van der Waals surface area contributed by atoms with Crippen molar-refractivity contribution in [1.82, 2.24) is 9.97 Å². The zero-order chi connectivity index (χ0) is 37.5. The Bertz CT molecular complexity index is 3500. The molecule has 0 saturated carbocycles. The highest BCUT2D eigenvalue weighted by molar-refractivity contribution is 7.25. The van der Waals surface area contributed by atoms with Gasteiger partial charge in [0, 0.05) is 43.1 Å². The summed E-state index contributed by atoms with van der Waals surface area (Å²) in [7, 11) is 0. The van der Waals surface area contributed by atoms with Crippen molar-refractivity contribution in [3.63, 3.8) is 0 Å². The van der Waals surface area contributed by atoms with Gasteiger partial charge in [0.1, 0.15) is 0 Å². The Morgan fingerprint density at radius 2 is 1.04 bits per heavy atom. The number of rotatable bonds is 4. The van der Waals surface area contributed by atoms with Crippen LogP contribution in [0.4, 0.5) is 0 Å². The summed E-state index contributed by atoms with van der Waals surface area (Å²) in [5, 5.41) is 12.3. The zero-order valence-corrected chi connectivity index (χ0v) is 31.8. The van der Waals surface area contributed by atoms with Crippen LogP contribution < -0.4 is 0 Å². The summed E-state index contributed by atoms with van der Waals surface area (Å²) in [5.74, 6) is 0.117. The lowest BCUT2D eigenvalue weighted by atomic mass is 9.87. The molecule has 0 saturated heterocycles. The number of benzene rings is 9. The number of hydrogen-bond acceptors (Lipinski definition) is 3. The van der Waals surface area contributed by atoms with Crippen LogP contribution in [0.25, 0.3) is 102 Å². The number of hydrogen-bond donors (Lipinski definition) is 0. The molecule has 0 amide bonds. The van der Waals surface area contributed by atoms with E-state index in [0.29, 0.717) is 0 Å². The molecule has 0 spiro atoms. The summed E-state index contributed by atoms with van der Waals surface area (Å²) in [6, 6.07) is 60.0. The van der Waals surface area contributed by atoms with E-state index in [1.165, 1.54) is 85.9 Å². The van der Waals surface area contributed by atoms with Crippen molar-refractivity contribution >= 4 is 91.2 Å². The molecular formula is C54H34N2S. The molecule has 9 aromatic carbocycles. The van der Waals surface area contributed by atoms with Crippen molar-refractivity contribution in [3.8, 4) is 22.3 Å². The molecular weight excluding hydrogens is 709 g/mol. The van der Waals surface area contributed by atoms with Crippen LogP contribution in [0.1, 0.15) is 23.6 Å². The van der Waals surface area contributed by atoms with E-state index < -0.39 is 0 Å². The second-order valence-electron chi connectivity index (χ2n) is 15.3. The summed E-state index contributed by atoms with van der Waals surface area (Å²) in [6.07, 6.45) is 9.65. The third-order valence-electron chi connectivity index (χ3n) is 12.0. The average Bonchev–Trinajstić information content (AvgIpc) is 3.66. The van der Waals surface area contributed by atoms with Gasteiger partial charge in [-0.15, -0.1) is 11.3 Å². The predicted molar refractivity (Wildman–Crippen MR) is 244 cm³/mol. The topological polar surface area (TPSA) is 25.8 Å². The number of thiophene rings is 1. The van der Waals surface area contributed by atoms with Crippen LogP contribution in [0, 0.1) is 0 Å². The molecule has 1 aliphatic carbocycles. The molecule has 0 radical (unpaired) electrons. The van der Waals surface area contributed by atoms with Gasteiger partial charge in [0.05, 0.1) is 16.7 Å². The molecule has 0 bridgehead atoms. The molecule has 2 nitrogen and oxygen atoms in total. The monoisotopic (exact) mass is 742 g/mol. The smallest absolute Gasteiger partial charge is 0.0975 e. The van der Waals surface area contributed by atoms with Crippen molar-refractivity contribution in [2.75, 3.05) is 0 Å². The summed E-state index contributed by atoms with van der Waals surface area (Å²) >= 11 is 1.86. The van der Waals surface area contributed by atoms with Crippen molar-refractivity contribution in [1.29, 1.82) is 0 Å². The molecule has 1 unspecified atom stereocenters. The van der Waals surface area contributed by atoms with E-state index in [4.69, 9.17) is 9.97 Å². The van der Waals surface area contributed by atoms with Gasteiger partial charge in [-0.1, -0.05) is 152 Å². The van der Waals surface area contributed by atoms with Gasteiger partial charge in [0.2, 0.25) is 0 Å². The molecule has 12 rings (SSSR count). The standard InChI is InChI=1S/C54H34N2S/c1-3-16-40-33(10-1)12-8-19-42(40)37-22-25-45-47(30-37)48-31-38(43-20-9-13-34-11-2-4-17-41(34)43)23-26-46(48)54-53(45)55-32-50(56-54)39-15-7-14-35(28-39)36-24-27-52-49(29-36)44-18-5-6-21-51(44)57-52/h1-27,29-32,39H,28H2. The maximum absolute atomic E-state index is 5.52. The van der Waals surface area contributed by atoms with Crippen molar-refractivity contribution in [2.45, 2.75) is 12.3 Å². The molecule has 11 aromatic rings. The minimum Gasteiger partial charge on any atom is -0.252 e. The molecule has 0 N–H and O–H groups in total. The number of nitrogens with zero attached hydrogens (tertiary/aromatic N) is 2. The first-order valence-electron chi connectivity index (χ1n) is 19.6. The van der Waals surface area contributed by atoms with Gasteiger partial charge in [-0.05, 0) is 102 Å². The van der Waals surface area contributed by atoms with E-state index in [2.05, 4.69) is 182 Å². The number of aromatic nitrogens is 2. The maximum atomic E-state index is 5.52. The first-order valence-corrected chi connectivity index (χ1v) is 20.5. The highest BCUT2D eigenvalue weighted by Gasteiger charge is 2.21. The fraction of sp³-hybridized carbons (Fsp3) is 0.0370. The van der Waals surface area contributed by atoms with Gasteiger partial charge in [0.25, 0.3) is 0 Å². The van der Waals surface area contributed by atoms with Gasteiger partial charge < -0.3 is 0 Å². The molecule has 57 heavy (non-hydrogen) atoms. The summed E-state index contributed by atoms with van der Waals surface area (Å²) in [4.78, 5) is 10.8. The SMILES string of the molecule is C1=CC(c2cnc3c4ccc(-c5cccc6ccccc56)cc4c4cc(-c5cccc6ccccc56)ccc4c3n2)CC(c2ccc3sc4ccccc4c3c2)=C1. The van der Waals surface area contributed by atoms with Gasteiger partial charge in [-0.2, -0.15) is 0 Å². The van der Waals surface area contributed by atoms with Crippen LogP contribution in [-0.4, -0.2) is 9.97 Å². The summed E-state index contributed by atoms with van der Waals surface area (Å²) in [5.41, 5.74) is 10.3. The predicted octanol–water partition coefficient (Wildman–Crippen LogP) is 15.1. The Kier molecular flexibility index (Phi) is 7.26. The molecule has 1 aliphatic rings. The Labute approximate surface area is 333 Å². The Hall–Kier alpha value is -6.94. The van der Waals surface area contributed by atoms with Gasteiger partial charge in [-0.25, -0.2) is 4.98 Å². The molecule has 2 heterocycles. The van der Waals surface area contributed by atoms with Gasteiger partial charge in [0.15, 0.2) is 0 Å². The summed E-state index contributed by atoms with van der Waals surface area (Å²) in [6.45, 7) is 0. The van der Waals surface area contributed by atoms with E-state index in [1.54, 1.807) is 0 Å². The molecule has 0 aliphatic heterocycles. The first kappa shape index (κ1) is 32.3. The maximum Gasteiger partial charge on any atom is 0.0975 e. The van der Waals surface area contributed by atoms with Crippen LogP contribution in [0.15, 0.2) is 188 Å². The van der Waals surface area contributed by atoms with Crippen LogP contribution in [-0.2, 0) is 0 Å². The molecule has 3 heteroatoms. The Morgan fingerprint density at radius 1 is 0.456 bits per heavy atom. The van der Waals surface area contributed by atoms with Crippen LogP contribution >= 0.6 is 11.3 Å². The van der Waals surface area contributed by atoms with E-state index in [0.717, 1.165) is 33.9 Å². The Balaban J connectivity index is 1.02. The van der Waals surface area contributed by atoms with E-state index in [9.17, 15) is 0 Å². The van der Waals surface area contributed by atoms with Crippen LogP contribution in [0.5, 0.6) is 0 Å². The quantitative estimate of drug-likeness (QED) is 0.168. The normalized spacial score (nSPS) is 14.5. The van der Waals surface area contributed by atoms with Gasteiger partial charge >= 0.3 is 0 Å². The first-order chi connectivity index (χ1) is 28.2. The fourth-order valence-electron chi connectivity index (χ4n) is 9.22. The third kappa shape index (κ3) is 5.24. The minimum absolute atomic E-state index is 0.117. The van der Waals surface area contributed by atoms with Crippen LogP contribution in [0.3, 0.4) is 0 Å². The third-order valence-corrected chi connectivity index (χ3v) is 13.2. The number of fused-ring (bicyclic) bond motifs is 11. The molecule has 1 atom stereocenters. The van der Waals surface area contributed by atoms with E-state index in [1.807, 2.05) is 17.5 Å². The highest BCUT2D eigenvalue weighted by Crippen LogP contribution is 2.42. The van der Waals surface area contributed by atoms with Gasteiger partial charge in [-0.3, -0.25) is 4.98 Å². The average molecular weight is 743 g/mol. The number of allylic oxidation sites excluding steroid dienone is 4. The molecule has 0 fully saturated rings.